The lowest BCUT2D eigenvalue weighted by atomic mass is 10.3. The minimum Gasteiger partial charge on any atom is -0.494 e. The maximum Gasteiger partial charge on any atom is 0.151 e. The van der Waals surface area contributed by atoms with Crippen LogP contribution in [0.15, 0.2) is 21.5 Å². The van der Waals surface area contributed by atoms with Crippen molar-refractivity contribution in [1.29, 1.82) is 0 Å². The van der Waals surface area contributed by atoms with E-state index in [9.17, 15) is 0 Å². The van der Waals surface area contributed by atoms with E-state index in [1.54, 1.807) is 18.9 Å². The minimum absolute atomic E-state index is 0.635. The monoisotopic (exact) mass is 266 g/mol. The summed E-state index contributed by atoms with van der Waals surface area (Å²) < 4.78 is 6.12. The van der Waals surface area contributed by atoms with Gasteiger partial charge >= 0.3 is 0 Å². The molecule has 66 valence electrons. The summed E-state index contributed by atoms with van der Waals surface area (Å²) in [5, 5.41) is 0.635. The van der Waals surface area contributed by atoms with Crippen molar-refractivity contribution in [3.63, 3.8) is 0 Å². The van der Waals surface area contributed by atoms with Crippen LogP contribution in [0.1, 0.15) is 0 Å². The van der Waals surface area contributed by atoms with Gasteiger partial charge in [-0.2, -0.15) is 0 Å². The van der Waals surface area contributed by atoms with Crippen LogP contribution in [-0.4, -0.2) is 13.4 Å². The molecular formula is C8H8BrClOS. The molecule has 0 saturated carbocycles. The van der Waals surface area contributed by atoms with Crippen LogP contribution in [0.25, 0.3) is 0 Å². The Morgan fingerprint density at radius 2 is 2.17 bits per heavy atom. The molecular weight excluding hydrogens is 260 g/mol. The molecule has 0 fully saturated rings. The second-order valence-corrected chi connectivity index (χ2v) is 4.29. The van der Waals surface area contributed by atoms with E-state index < -0.39 is 0 Å². The zero-order valence-corrected chi connectivity index (χ0v) is 9.89. The van der Waals surface area contributed by atoms with Crippen molar-refractivity contribution in [2.75, 3.05) is 13.4 Å². The van der Waals surface area contributed by atoms with Gasteiger partial charge in [0, 0.05) is 4.47 Å². The van der Waals surface area contributed by atoms with Crippen molar-refractivity contribution >= 4 is 39.3 Å². The van der Waals surface area contributed by atoms with E-state index in [-0.39, 0.29) is 0 Å². The molecule has 0 aliphatic rings. The summed E-state index contributed by atoms with van der Waals surface area (Å²) in [6, 6.07) is 3.80. The van der Waals surface area contributed by atoms with Crippen molar-refractivity contribution in [1.82, 2.24) is 0 Å². The first-order chi connectivity index (χ1) is 5.69. The standard InChI is InChI=1S/C8H8BrClOS/c1-11-8-6(10)3-5(9)4-7(8)12-2/h3-4H,1-2H3. The summed E-state index contributed by atoms with van der Waals surface area (Å²) in [5.41, 5.74) is 0. The summed E-state index contributed by atoms with van der Waals surface area (Å²) in [6.45, 7) is 0. The Kier molecular flexibility index (Phi) is 3.75. The fraction of sp³-hybridized carbons (Fsp3) is 0.250. The summed E-state index contributed by atoms with van der Waals surface area (Å²) >= 11 is 10.9. The van der Waals surface area contributed by atoms with Gasteiger partial charge in [-0.3, -0.25) is 0 Å². The number of hydrogen-bond acceptors (Lipinski definition) is 2. The Hall–Kier alpha value is 0.140. The van der Waals surface area contributed by atoms with E-state index in [4.69, 9.17) is 16.3 Å². The molecule has 0 amide bonds. The predicted molar refractivity (Wildman–Crippen MR) is 57.5 cm³/mol. The molecule has 0 saturated heterocycles. The molecule has 1 nitrogen and oxygen atoms in total. The number of hydrogen-bond donors (Lipinski definition) is 0. The van der Waals surface area contributed by atoms with Gasteiger partial charge in [-0.25, -0.2) is 0 Å². The summed E-state index contributed by atoms with van der Waals surface area (Å²) in [6.07, 6.45) is 1.99. The van der Waals surface area contributed by atoms with Crippen LogP contribution in [0.2, 0.25) is 5.02 Å². The molecule has 0 spiro atoms. The lowest BCUT2D eigenvalue weighted by molar-refractivity contribution is 0.405. The maximum atomic E-state index is 5.95. The number of thioether (sulfide) groups is 1. The van der Waals surface area contributed by atoms with E-state index in [0.29, 0.717) is 5.02 Å². The van der Waals surface area contributed by atoms with Gasteiger partial charge in [0.1, 0.15) is 0 Å². The fourth-order valence-electron chi connectivity index (χ4n) is 0.886. The van der Waals surface area contributed by atoms with Gasteiger partial charge in [0.05, 0.1) is 17.0 Å². The Balaban J connectivity index is 3.24. The first kappa shape index (κ1) is 10.2. The highest BCUT2D eigenvalue weighted by Crippen LogP contribution is 2.37. The van der Waals surface area contributed by atoms with Crippen molar-refractivity contribution < 1.29 is 4.74 Å². The third kappa shape index (κ3) is 2.09. The molecule has 1 rings (SSSR count). The van der Waals surface area contributed by atoms with Gasteiger partial charge < -0.3 is 4.74 Å². The Labute approximate surface area is 89.6 Å². The molecule has 0 radical (unpaired) electrons. The van der Waals surface area contributed by atoms with Gasteiger partial charge in [-0.15, -0.1) is 11.8 Å². The second kappa shape index (κ2) is 4.40. The molecule has 0 heterocycles. The molecule has 12 heavy (non-hydrogen) atoms. The quantitative estimate of drug-likeness (QED) is 0.753. The van der Waals surface area contributed by atoms with Crippen LogP contribution >= 0.6 is 39.3 Å². The van der Waals surface area contributed by atoms with Crippen LogP contribution in [0, 0.1) is 0 Å². The van der Waals surface area contributed by atoms with Gasteiger partial charge in [0.25, 0.3) is 0 Å². The topological polar surface area (TPSA) is 9.23 Å². The van der Waals surface area contributed by atoms with Crippen molar-refractivity contribution in [3.05, 3.63) is 21.6 Å². The summed E-state index contributed by atoms with van der Waals surface area (Å²) in [7, 11) is 1.62. The van der Waals surface area contributed by atoms with E-state index in [1.165, 1.54) is 0 Å². The number of halogens is 2. The van der Waals surface area contributed by atoms with Gasteiger partial charge in [0.15, 0.2) is 5.75 Å². The number of benzene rings is 1. The molecule has 1 aromatic rings. The van der Waals surface area contributed by atoms with Crippen molar-refractivity contribution in [2.24, 2.45) is 0 Å². The smallest absolute Gasteiger partial charge is 0.151 e. The molecule has 0 N–H and O–H groups in total. The number of methoxy groups -OCH3 is 1. The summed E-state index contributed by atoms with van der Waals surface area (Å²) in [5.74, 6) is 0.743. The van der Waals surface area contributed by atoms with E-state index in [1.807, 2.05) is 18.4 Å². The molecule has 0 unspecified atom stereocenters. The highest BCUT2D eigenvalue weighted by Gasteiger charge is 2.07. The predicted octanol–water partition coefficient (Wildman–Crippen LogP) is 3.83. The average Bonchev–Trinajstić information content (AvgIpc) is 2.03. The number of ether oxygens (including phenoxy) is 1. The van der Waals surface area contributed by atoms with Gasteiger partial charge in [-0.1, -0.05) is 27.5 Å². The minimum atomic E-state index is 0.635. The zero-order chi connectivity index (χ0) is 9.14. The van der Waals surface area contributed by atoms with Crippen LogP contribution in [0.5, 0.6) is 5.75 Å². The van der Waals surface area contributed by atoms with Gasteiger partial charge in [-0.05, 0) is 18.4 Å². The largest absolute Gasteiger partial charge is 0.494 e. The zero-order valence-electron chi connectivity index (χ0n) is 6.73. The lowest BCUT2D eigenvalue weighted by Gasteiger charge is -2.08. The van der Waals surface area contributed by atoms with Crippen molar-refractivity contribution in [3.8, 4) is 5.75 Å². The highest BCUT2D eigenvalue weighted by atomic mass is 79.9. The molecule has 1 aromatic carbocycles. The average molecular weight is 268 g/mol. The highest BCUT2D eigenvalue weighted by molar-refractivity contribution is 9.10. The van der Waals surface area contributed by atoms with Crippen molar-refractivity contribution in [2.45, 2.75) is 4.90 Å². The van der Waals surface area contributed by atoms with Gasteiger partial charge in [0.2, 0.25) is 0 Å². The summed E-state index contributed by atoms with van der Waals surface area (Å²) in [4.78, 5) is 1.04. The first-order valence-electron chi connectivity index (χ1n) is 3.26. The van der Waals surface area contributed by atoms with E-state index >= 15 is 0 Å². The SMILES string of the molecule is COc1c(Cl)cc(Br)cc1SC. The molecule has 0 aliphatic carbocycles. The normalized spacial score (nSPS) is 10.0. The van der Waals surface area contributed by atoms with E-state index in [2.05, 4.69) is 15.9 Å². The Bertz CT molecular complexity index is 291. The Morgan fingerprint density at radius 1 is 1.50 bits per heavy atom. The van der Waals surface area contributed by atoms with Crippen LogP contribution in [0.3, 0.4) is 0 Å². The fourth-order valence-corrected chi connectivity index (χ4v) is 2.60. The number of rotatable bonds is 2. The molecule has 0 aromatic heterocycles. The molecule has 0 aliphatic heterocycles. The molecule has 0 bridgehead atoms. The van der Waals surface area contributed by atoms with E-state index in [0.717, 1.165) is 15.1 Å². The third-order valence-electron chi connectivity index (χ3n) is 1.40. The molecule has 0 atom stereocenters. The van der Waals surface area contributed by atoms with Crippen LogP contribution in [-0.2, 0) is 0 Å². The van der Waals surface area contributed by atoms with Crippen LogP contribution in [0.4, 0.5) is 0 Å². The molecule has 4 heteroatoms. The third-order valence-corrected chi connectivity index (χ3v) is 2.88. The maximum absolute atomic E-state index is 5.95. The second-order valence-electron chi connectivity index (χ2n) is 2.12. The van der Waals surface area contributed by atoms with Crippen LogP contribution < -0.4 is 4.74 Å². The Morgan fingerprint density at radius 3 is 2.67 bits per heavy atom. The lowest BCUT2D eigenvalue weighted by Crippen LogP contribution is -1.87. The first-order valence-corrected chi connectivity index (χ1v) is 5.65.